The van der Waals surface area contributed by atoms with Gasteiger partial charge in [-0.3, -0.25) is 9.59 Å². The third-order valence-corrected chi connectivity index (χ3v) is 5.90. The standard InChI is InChI=1S/C24H26FN3O3/c1-2-31-24(30)17-9-12-27(13-10-17)23(29)15-20(18-6-5-7-19(25)14-18)21-16-26-22-8-3-4-11-28(21)22/h3-8,11,14,16-17,20H,2,9-10,12-13,15H2,1H3. The van der Waals surface area contributed by atoms with E-state index in [0.717, 1.165) is 16.9 Å². The van der Waals surface area contributed by atoms with Gasteiger partial charge in [-0.05, 0) is 49.6 Å². The van der Waals surface area contributed by atoms with Crippen molar-refractivity contribution in [1.82, 2.24) is 14.3 Å². The molecule has 31 heavy (non-hydrogen) atoms. The van der Waals surface area contributed by atoms with Crippen molar-refractivity contribution in [2.75, 3.05) is 19.7 Å². The van der Waals surface area contributed by atoms with E-state index in [9.17, 15) is 14.0 Å². The van der Waals surface area contributed by atoms with Crippen LogP contribution in [-0.2, 0) is 14.3 Å². The van der Waals surface area contributed by atoms with E-state index in [1.807, 2.05) is 34.9 Å². The first-order valence-corrected chi connectivity index (χ1v) is 10.7. The van der Waals surface area contributed by atoms with E-state index < -0.39 is 0 Å². The SMILES string of the molecule is CCOC(=O)C1CCN(C(=O)CC(c2cccc(F)c2)c2cnc3ccccn23)CC1. The Balaban J connectivity index is 1.55. The van der Waals surface area contributed by atoms with Crippen LogP contribution in [0.4, 0.5) is 4.39 Å². The van der Waals surface area contributed by atoms with Crippen molar-refractivity contribution in [1.29, 1.82) is 0 Å². The molecule has 1 atom stereocenters. The molecule has 1 unspecified atom stereocenters. The summed E-state index contributed by atoms with van der Waals surface area (Å²) < 4.78 is 21.0. The summed E-state index contributed by atoms with van der Waals surface area (Å²) in [5, 5.41) is 0. The zero-order chi connectivity index (χ0) is 21.8. The number of halogens is 1. The Hall–Kier alpha value is -3.22. The molecular weight excluding hydrogens is 397 g/mol. The topological polar surface area (TPSA) is 63.9 Å². The molecule has 0 radical (unpaired) electrons. The largest absolute Gasteiger partial charge is 0.466 e. The molecule has 0 N–H and O–H groups in total. The molecule has 0 spiro atoms. The number of aromatic nitrogens is 2. The Labute approximate surface area is 180 Å². The van der Waals surface area contributed by atoms with Gasteiger partial charge in [0.2, 0.25) is 5.91 Å². The summed E-state index contributed by atoms with van der Waals surface area (Å²) in [5.74, 6) is -1.01. The van der Waals surface area contributed by atoms with Crippen molar-refractivity contribution in [2.45, 2.75) is 32.1 Å². The first-order valence-electron chi connectivity index (χ1n) is 10.7. The number of carbonyl (C=O) groups excluding carboxylic acids is 2. The number of fused-ring (bicyclic) bond motifs is 1. The number of amides is 1. The molecule has 2 aromatic heterocycles. The van der Waals surface area contributed by atoms with Crippen LogP contribution < -0.4 is 0 Å². The van der Waals surface area contributed by atoms with E-state index in [4.69, 9.17) is 4.74 Å². The van der Waals surface area contributed by atoms with Crippen LogP contribution in [0, 0.1) is 11.7 Å². The monoisotopic (exact) mass is 423 g/mol. The fraction of sp³-hybridized carbons (Fsp3) is 0.375. The molecule has 0 bridgehead atoms. The number of ether oxygens (including phenoxy) is 1. The molecule has 4 rings (SSSR count). The molecule has 1 saturated heterocycles. The number of benzene rings is 1. The van der Waals surface area contributed by atoms with Gasteiger partial charge in [-0.25, -0.2) is 9.37 Å². The van der Waals surface area contributed by atoms with Gasteiger partial charge in [-0.2, -0.15) is 0 Å². The predicted molar refractivity (Wildman–Crippen MR) is 114 cm³/mol. The number of carbonyl (C=O) groups is 2. The van der Waals surface area contributed by atoms with Crippen LogP contribution in [0.3, 0.4) is 0 Å². The second-order valence-corrected chi connectivity index (χ2v) is 7.83. The predicted octanol–water partition coefficient (Wildman–Crippen LogP) is 3.80. The molecule has 1 amide bonds. The maximum atomic E-state index is 14.0. The smallest absolute Gasteiger partial charge is 0.309 e. The molecule has 0 saturated carbocycles. The minimum Gasteiger partial charge on any atom is -0.466 e. The summed E-state index contributed by atoms with van der Waals surface area (Å²) in [6.45, 7) is 3.20. The van der Waals surface area contributed by atoms with Gasteiger partial charge < -0.3 is 14.0 Å². The highest BCUT2D eigenvalue weighted by Gasteiger charge is 2.30. The molecule has 1 aromatic carbocycles. The lowest BCUT2D eigenvalue weighted by atomic mass is 9.91. The van der Waals surface area contributed by atoms with Crippen molar-refractivity contribution < 1.29 is 18.7 Å². The second kappa shape index (κ2) is 9.29. The number of rotatable bonds is 6. The molecule has 162 valence electrons. The molecule has 1 aliphatic heterocycles. The number of hydrogen-bond acceptors (Lipinski definition) is 4. The average molecular weight is 423 g/mol. The lowest BCUT2D eigenvalue weighted by Crippen LogP contribution is -2.41. The Morgan fingerprint density at radius 1 is 1.19 bits per heavy atom. The summed E-state index contributed by atoms with van der Waals surface area (Å²) in [4.78, 5) is 31.4. The van der Waals surface area contributed by atoms with E-state index in [1.165, 1.54) is 12.1 Å². The lowest BCUT2D eigenvalue weighted by Gasteiger charge is -2.32. The Morgan fingerprint density at radius 2 is 2.00 bits per heavy atom. The van der Waals surface area contributed by atoms with Crippen molar-refractivity contribution >= 4 is 17.5 Å². The highest BCUT2D eigenvalue weighted by atomic mass is 19.1. The van der Waals surface area contributed by atoms with E-state index in [-0.39, 0.29) is 36.0 Å². The van der Waals surface area contributed by atoms with E-state index >= 15 is 0 Å². The minimum atomic E-state index is -0.334. The fourth-order valence-electron chi connectivity index (χ4n) is 4.25. The number of nitrogens with zero attached hydrogens (tertiary/aromatic N) is 3. The highest BCUT2D eigenvalue weighted by molar-refractivity contribution is 5.78. The first kappa shape index (κ1) is 21.0. The molecule has 1 aliphatic rings. The van der Waals surface area contributed by atoms with Crippen molar-refractivity contribution in [3.05, 3.63) is 71.9 Å². The Bertz CT molecular complexity index is 1070. The fourth-order valence-corrected chi connectivity index (χ4v) is 4.25. The number of imidazole rings is 1. The van der Waals surface area contributed by atoms with Gasteiger partial charge in [0.05, 0.1) is 18.2 Å². The molecule has 3 heterocycles. The maximum absolute atomic E-state index is 14.0. The summed E-state index contributed by atoms with van der Waals surface area (Å²) in [6.07, 6.45) is 5.07. The van der Waals surface area contributed by atoms with Crippen molar-refractivity contribution in [3.63, 3.8) is 0 Å². The molecule has 7 heteroatoms. The van der Waals surface area contributed by atoms with Gasteiger partial charge in [0, 0.05) is 37.8 Å². The van der Waals surface area contributed by atoms with E-state index in [0.29, 0.717) is 32.5 Å². The average Bonchev–Trinajstić information content (AvgIpc) is 3.21. The van der Waals surface area contributed by atoms with Crippen molar-refractivity contribution in [2.24, 2.45) is 5.92 Å². The summed E-state index contributed by atoms with van der Waals surface area (Å²) in [7, 11) is 0. The van der Waals surface area contributed by atoms with Gasteiger partial charge >= 0.3 is 5.97 Å². The second-order valence-electron chi connectivity index (χ2n) is 7.83. The molecule has 1 fully saturated rings. The maximum Gasteiger partial charge on any atom is 0.309 e. The first-order chi connectivity index (χ1) is 15.1. The zero-order valence-corrected chi connectivity index (χ0v) is 17.5. The normalized spacial score (nSPS) is 15.7. The lowest BCUT2D eigenvalue weighted by molar-refractivity contribution is -0.151. The van der Waals surface area contributed by atoms with Crippen LogP contribution in [0.2, 0.25) is 0 Å². The van der Waals surface area contributed by atoms with Crippen LogP contribution in [0.25, 0.3) is 5.65 Å². The van der Waals surface area contributed by atoms with Gasteiger partial charge in [0.1, 0.15) is 11.5 Å². The van der Waals surface area contributed by atoms with Crippen LogP contribution in [0.1, 0.15) is 43.4 Å². The highest BCUT2D eigenvalue weighted by Crippen LogP contribution is 2.31. The van der Waals surface area contributed by atoms with Gasteiger partial charge in [0.15, 0.2) is 0 Å². The molecule has 0 aliphatic carbocycles. The number of esters is 1. The number of pyridine rings is 1. The minimum absolute atomic E-state index is 0.0116. The number of hydrogen-bond donors (Lipinski definition) is 0. The number of piperidine rings is 1. The van der Waals surface area contributed by atoms with E-state index in [2.05, 4.69) is 4.98 Å². The molecule has 3 aromatic rings. The summed E-state index contributed by atoms with van der Waals surface area (Å²) in [5.41, 5.74) is 2.36. The van der Waals surface area contributed by atoms with Gasteiger partial charge in [-0.1, -0.05) is 18.2 Å². The van der Waals surface area contributed by atoms with Crippen LogP contribution >= 0.6 is 0 Å². The van der Waals surface area contributed by atoms with Crippen LogP contribution in [-0.4, -0.2) is 45.9 Å². The zero-order valence-electron chi connectivity index (χ0n) is 17.5. The number of likely N-dealkylation sites (tertiary alicyclic amines) is 1. The Morgan fingerprint density at radius 3 is 2.74 bits per heavy atom. The summed E-state index contributed by atoms with van der Waals surface area (Å²) in [6, 6.07) is 12.1. The molecule has 6 nitrogen and oxygen atoms in total. The third-order valence-electron chi connectivity index (χ3n) is 5.90. The summed E-state index contributed by atoms with van der Waals surface area (Å²) >= 11 is 0. The van der Waals surface area contributed by atoms with Crippen molar-refractivity contribution in [3.8, 4) is 0 Å². The van der Waals surface area contributed by atoms with Crippen LogP contribution in [0.15, 0.2) is 54.9 Å². The quantitative estimate of drug-likeness (QED) is 0.566. The Kier molecular flexibility index (Phi) is 6.30. The van der Waals surface area contributed by atoms with E-state index in [1.54, 1.807) is 24.1 Å². The van der Waals surface area contributed by atoms with Crippen LogP contribution in [0.5, 0.6) is 0 Å². The third kappa shape index (κ3) is 4.60. The van der Waals surface area contributed by atoms with Gasteiger partial charge in [-0.15, -0.1) is 0 Å². The van der Waals surface area contributed by atoms with Gasteiger partial charge in [0.25, 0.3) is 0 Å². The molecular formula is C24H26FN3O3.